The monoisotopic (exact) mass is 313 g/mol. The quantitative estimate of drug-likeness (QED) is 0.852. The number of amides is 1. The number of carbonyl (C=O) groups excluding carboxylic acids is 1. The van der Waals surface area contributed by atoms with E-state index in [1.807, 2.05) is 18.2 Å². The van der Waals surface area contributed by atoms with Gasteiger partial charge in [-0.25, -0.2) is 4.98 Å². The highest BCUT2D eigenvalue weighted by Crippen LogP contribution is 2.17. The van der Waals surface area contributed by atoms with E-state index in [1.165, 1.54) is 25.7 Å². The van der Waals surface area contributed by atoms with E-state index >= 15 is 0 Å². The summed E-state index contributed by atoms with van der Waals surface area (Å²) in [5.74, 6) is 0.623. The Kier molecular flexibility index (Phi) is 5.05. The maximum atomic E-state index is 12.1. The molecule has 1 fully saturated rings. The Morgan fingerprint density at radius 2 is 1.91 bits per heavy atom. The molecule has 5 nitrogen and oxygen atoms in total. The van der Waals surface area contributed by atoms with Crippen LogP contribution in [0.3, 0.4) is 0 Å². The lowest BCUT2D eigenvalue weighted by Gasteiger charge is -2.16. The number of nitrogens with one attached hydrogen (secondary N) is 2. The van der Waals surface area contributed by atoms with Gasteiger partial charge in [-0.05, 0) is 25.0 Å². The van der Waals surface area contributed by atoms with Crippen molar-refractivity contribution in [3.63, 3.8) is 0 Å². The Bertz CT molecular complexity index is 730. The van der Waals surface area contributed by atoms with Crippen LogP contribution >= 0.6 is 0 Å². The number of aromatic amines is 1. The molecule has 0 bridgehead atoms. The van der Waals surface area contributed by atoms with E-state index in [0.29, 0.717) is 35.6 Å². The van der Waals surface area contributed by atoms with Crippen LogP contribution in [0.2, 0.25) is 0 Å². The Hall–Kier alpha value is -2.17. The van der Waals surface area contributed by atoms with Crippen molar-refractivity contribution < 1.29 is 4.79 Å². The molecule has 1 heterocycles. The first kappa shape index (κ1) is 15.7. The van der Waals surface area contributed by atoms with Gasteiger partial charge in [0, 0.05) is 18.9 Å². The number of fused-ring (bicyclic) bond motifs is 1. The fraction of sp³-hybridized carbons (Fsp3) is 0.500. The van der Waals surface area contributed by atoms with E-state index in [-0.39, 0.29) is 11.5 Å². The van der Waals surface area contributed by atoms with E-state index in [1.54, 1.807) is 6.07 Å². The molecule has 5 heteroatoms. The lowest BCUT2D eigenvalue weighted by molar-refractivity contribution is -0.121. The number of hydrogen-bond donors (Lipinski definition) is 2. The summed E-state index contributed by atoms with van der Waals surface area (Å²) in [6.07, 6.45) is 7.92. The normalized spacial score (nSPS) is 16.2. The average molecular weight is 313 g/mol. The molecule has 2 aromatic rings. The fourth-order valence-electron chi connectivity index (χ4n) is 3.21. The number of hydrogen-bond acceptors (Lipinski definition) is 3. The van der Waals surface area contributed by atoms with Crippen molar-refractivity contribution in [1.29, 1.82) is 0 Å². The first-order valence-corrected chi connectivity index (χ1v) is 8.50. The molecule has 2 N–H and O–H groups in total. The van der Waals surface area contributed by atoms with E-state index in [0.717, 1.165) is 12.8 Å². The minimum Gasteiger partial charge on any atom is -0.353 e. The topological polar surface area (TPSA) is 74.8 Å². The summed E-state index contributed by atoms with van der Waals surface area (Å²) in [4.78, 5) is 31.3. The number of carbonyl (C=O) groups is 1. The van der Waals surface area contributed by atoms with Crippen LogP contribution in [-0.2, 0) is 11.2 Å². The zero-order valence-electron chi connectivity index (χ0n) is 13.3. The van der Waals surface area contributed by atoms with Crippen molar-refractivity contribution >= 4 is 16.8 Å². The van der Waals surface area contributed by atoms with Crippen molar-refractivity contribution in [3.05, 3.63) is 40.4 Å². The van der Waals surface area contributed by atoms with Crippen LogP contribution in [-0.4, -0.2) is 21.9 Å². The summed E-state index contributed by atoms with van der Waals surface area (Å²) in [5.41, 5.74) is 0.533. The third-order valence-corrected chi connectivity index (χ3v) is 4.47. The van der Waals surface area contributed by atoms with E-state index in [4.69, 9.17) is 0 Å². The number of aromatic nitrogens is 2. The van der Waals surface area contributed by atoms with Gasteiger partial charge in [-0.15, -0.1) is 0 Å². The van der Waals surface area contributed by atoms with Crippen molar-refractivity contribution in [2.75, 3.05) is 0 Å². The number of H-pyrrole nitrogens is 1. The molecule has 1 aliphatic carbocycles. The highest BCUT2D eigenvalue weighted by atomic mass is 16.1. The van der Waals surface area contributed by atoms with E-state index < -0.39 is 0 Å². The van der Waals surface area contributed by atoms with Gasteiger partial charge in [-0.3, -0.25) is 9.59 Å². The van der Waals surface area contributed by atoms with Crippen LogP contribution in [0.25, 0.3) is 10.9 Å². The summed E-state index contributed by atoms with van der Waals surface area (Å²) in [5, 5.41) is 3.70. The molecule has 1 aromatic carbocycles. The highest BCUT2D eigenvalue weighted by molar-refractivity contribution is 5.78. The molecular weight excluding hydrogens is 290 g/mol. The number of aryl methyl sites for hydroxylation is 1. The lowest BCUT2D eigenvalue weighted by Crippen LogP contribution is -2.34. The summed E-state index contributed by atoms with van der Waals surface area (Å²) in [6, 6.07) is 7.56. The molecule has 23 heavy (non-hydrogen) atoms. The Labute approximate surface area is 135 Å². The number of para-hydroxylation sites is 1. The standard InChI is InChI=1S/C18H23N3O2/c22-17(19-13-7-3-1-2-4-8-13)12-11-16-20-15-10-6-5-9-14(15)18(23)21-16/h5-6,9-10,13H,1-4,7-8,11-12H2,(H,19,22)(H,20,21,23). The van der Waals surface area contributed by atoms with Gasteiger partial charge in [0.15, 0.2) is 0 Å². The predicted octanol–water partition coefficient (Wildman–Crippen LogP) is 2.69. The molecule has 1 aromatic heterocycles. The van der Waals surface area contributed by atoms with Crippen molar-refractivity contribution in [2.45, 2.75) is 57.4 Å². The minimum atomic E-state index is -0.144. The molecule has 3 rings (SSSR count). The molecule has 0 saturated heterocycles. The largest absolute Gasteiger partial charge is 0.353 e. The maximum Gasteiger partial charge on any atom is 0.258 e. The van der Waals surface area contributed by atoms with Gasteiger partial charge in [0.05, 0.1) is 10.9 Å². The molecule has 0 unspecified atom stereocenters. The van der Waals surface area contributed by atoms with Crippen LogP contribution in [0.4, 0.5) is 0 Å². The molecule has 1 amide bonds. The summed E-state index contributed by atoms with van der Waals surface area (Å²) >= 11 is 0. The molecule has 0 atom stereocenters. The van der Waals surface area contributed by atoms with Gasteiger partial charge in [0.1, 0.15) is 5.82 Å². The smallest absolute Gasteiger partial charge is 0.258 e. The number of benzene rings is 1. The molecule has 122 valence electrons. The Morgan fingerprint density at radius 1 is 1.17 bits per heavy atom. The first-order chi connectivity index (χ1) is 11.2. The van der Waals surface area contributed by atoms with Crippen LogP contribution in [0, 0.1) is 0 Å². The van der Waals surface area contributed by atoms with Crippen LogP contribution in [0.1, 0.15) is 50.8 Å². The van der Waals surface area contributed by atoms with Crippen molar-refractivity contribution in [1.82, 2.24) is 15.3 Å². The maximum absolute atomic E-state index is 12.1. The summed E-state index contributed by atoms with van der Waals surface area (Å²) < 4.78 is 0. The number of nitrogens with zero attached hydrogens (tertiary/aromatic N) is 1. The lowest BCUT2D eigenvalue weighted by atomic mass is 10.1. The van der Waals surface area contributed by atoms with Crippen LogP contribution in [0.5, 0.6) is 0 Å². The number of rotatable bonds is 4. The van der Waals surface area contributed by atoms with E-state index in [9.17, 15) is 9.59 Å². The molecule has 0 radical (unpaired) electrons. The van der Waals surface area contributed by atoms with Gasteiger partial charge >= 0.3 is 0 Å². The second-order valence-corrected chi connectivity index (χ2v) is 6.29. The summed E-state index contributed by atoms with van der Waals surface area (Å²) in [7, 11) is 0. The second kappa shape index (κ2) is 7.40. The van der Waals surface area contributed by atoms with Crippen LogP contribution < -0.4 is 10.9 Å². The van der Waals surface area contributed by atoms with Crippen molar-refractivity contribution in [2.24, 2.45) is 0 Å². The first-order valence-electron chi connectivity index (χ1n) is 8.50. The Morgan fingerprint density at radius 3 is 2.70 bits per heavy atom. The minimum absolute atomic E-state index is 0.0488. The third kappa shape index (κ3) is 4.18. The zero-order valence-corrected chi connectivity index (χ0v) is 13.3. The fourth-order valence-corrected chi connectivity index (χ4v) is 3.21. The van der Waals surface area contributed by atoms with Gasteiger partial charge in [-0.2, -0.15) is 0 Å². The summed E-state index contributed by atoms with van der Waals surface area (Å²) in [6.45, 7) is 0. The third-order valence-electron chi connectivity index (χ3n) is 4.47. The Balaban J connectivity index is 1.59. The zero-order chi connectivity index (χ0) is 16.1. The predicted molar refractivity (Wildman–Crippen MR) is 90.3 cm³/mol. The second-order valence-electron chi connectivity index (χ2n) is 6.29. The SMILES string of the molecule is O=C(CCc1nc2ccccc2c(=O)[nH]1)NC1CCCCCC1. The van der Waals surface area contributed by atoms with Crippen molar-refractivity contribution in [3.8, 4) is 0 Å². The average Bonchev–Trinajstić information content (AvgIpc) is 2.82. The molecular formula is C18H23N3O2. The highest BCUT2D eigenvalue weighted by Gasteiger charge is 2.15. The van der Waals surface area contributed by atoms with Gasteiger partial charge in [-0.1, -0.05) is 37.8 Å². The molecule has 0 spiro atoms. The van der Waals surface area contributed by atoms with Crippen LogP contribution in [0.15, 0.2) is 29.1 Å². The van der Waals surface area contributed by atoms with Gasteiger partial charge in [0.2, 0.25) is 5.91 Å². The molecule has 1 saturated carbocycles. The van der Waals surface area contributed by atoms with E-state index in [2.05, 4.69) is 15.3 Å². The molecule has 1 aliphatic rings. The van der Waals surface area contributed by atoms with Gasteiger partial charge in [0.25, 0.3) is 5.56 Å². The van der Waals surface area contributed by atoms with Gasteiger partial charge < -0.3 is 10.3 Å². The molecule has 0 aliphatic heterocycles.